The monoisotopic (exact) mass is 537 g/mol. The maximum Gasteiger partial charge on any atom is 0.436 e. The van der Waals surface area contributed by atoms with Crippen molar-refractivity contribution in [3.8, 4) is 0 Å². The second-order valence-corrected chi connectivity index (χ2v) is 15.2. The van der Waals surface area contributed by atoms with E-state index in [-0.39, 0.29) is 22.3 Å². The molecule has 39 heavy (non-hydrogen) atoms. The maximum absolute atomic E-state index is 13.2. The number of carbonyl (C=O) groups is 2. The molecule has 6 nitrogen and oxygen atoms in total. The van der Waals surface area contributed by atoms with Gasteiger partial charge >= 0.3 is 6.09 Å². The second kappa shape index (κ2) is 9.99. The largest absolute Gasteiger partial charge is 0.436 e. The number of hydrogen-bond acceptors (Lipinski definition) is 5. The molecule has 6 heteroatoms. The van der Waals surface area contributed by atoms with Gasteiger partial charge in [-0.25, -0.2) is 4.79 Å². The van der Waals surface area contributed by atoms with Crippen LogP contribution in [0.2, 0.25) is 0 Å². The molecule has 5 aliphatic carbocycles. The van der Waals surface area contributed by atoms with Crippen molar-refractivity contribution in [1.29, 1.82) is 0 Å². The van der Waals surface area contributed by atoms with Crippen LogP contribution in [0.1, 0.15) is 112 Å². The molecule has 6 aliphatic rings. The van der Waals surface area contributed by atoms with Gasteiger partial charge in [0.25, 0.3) is 0 Å². The summed E-state index contributed by atoms with van der Waals surface area (Å²) in [7, 11) is 0. The minimum absolute atomic E-state index is 0.213. The van der Waals surface area contributed by atoms with Crippen molar-refractivity contribution in [2.24, 2.45) is 45.1 Å². The van der Waals surface area contributed by atoms with Crippen molar-refractivity contribution in [2.75, 3.05) is 13.1 Å². The third-order valence-corrected chi connectivity index (χ3v) is 12.7. The minimum Gasteiger partial charge on any atom is -0.313 e. The van der Waals surface area contributed by atoms with Crippen LogP contribution in [-0.4, -0.2) is 47.7 Å². The van der Waals surface area contributed by atoms with Crippen molar-refractivity contribution in [3.05, 3.63) is 11.6 Å². The van der Waals surface area contributed by atoms with Crippen LogP contribution in [0.4, 0.5) is 4.79 Å². The number of amides is 1. The van der Waals surface area contributed by atoms with Crippen LogP contribution in [0, 0.1) is 39.9 Å². The Morgan fingerprint density at radius 3 is 2.54 bits per heavy atom. The van der Waals surface area contributed by atoms with Crippen molar-refractivity contribution >= 4 is 17.6 Å². The SMILES string of the molecule is C/C(=N\OC(=O)N(CCC1NCCC1(C)C)C1CC1)[C@H]1CC[C@H]2[C@@H]3CCC4=CC(=O)CC[C@]4(C)[C@H]3CC[C@]12C. The molecule has 0 spiro atoms. The highest BCUT2D eigenvalue weighted by Crippen LogP contribution is 2.66. The van der Waals surface area contributed by atoms with Crippen LogP contribution in [-0.2, 0) is 9.63 Å². The third kappa shape index (κ3) is 4.81. The zero-order valence-corrected chi connectivity index (χ0v) is 25.1. The lowest BCUT2D eigenvalue weighted by Crippen LogP contribution is -2.51. The summed E-state index contributed by atoms with van der Waals surface area (Å²) >= 11 is 0. The van der Waals surface area contributed by atoms with Gasteiger partial charge in [0.2, 0.25) is 0 Å². The number of hydrogen-bond donors (Lipinski definition) is 1. The smallest absolute Gasteiger partial charge is 0.313 e. The Bertz CT molecular complexity index is 1060. The summed E-state index contributed by atoms with van der Waals surface area (Å²) in [6, 6.07) is 0.771. The van der Waals surface area contributed by atoms with E-state index < -0.39 is 0 Å². The zero-order valence-electron chi connectivity index (χ0n) is 25.1. The molecule has 4 saturated carbocycles. The fourth-order valence-corrected chi connectivity index (χ4v) is 10.1. The summed E-state index contributed by atoms with van der Waals surface area (Å²) in [5.41, 5.74) is 3.16. The molecule has 0 bridgehead atoms. The van der Waals surface area contributed by atoms with Gasteiger partial charge in [-0.05, 0) is 124 Å². The van der Waals surface area contributed by atoms with Crippen molar-refractivity contribution in [2.45, 2.75) is 124 Å². The van der Waals surface area contributed by atoms with Crippen LogP contribution in [0.25, 0.3) is 0 Å². The number of fused-ring (bicyclic) bond motifs is 5. The first-order chi connectivity index (χ1) is 18.5. The summed E-state index contributed by atoms with van der Waals surface area (Å²) in [6.45, 7) is 13.5. The molecule has 0 aromatic rings. The van der Waals surface area contributed by atoms with E-state index in [1.54, 1.807) is 0 Å². The van der Waals surface area contributed by atoms with Gasteiger partial charge < -0.3 is 10.2 Å². The van der Waals surface area contributed by atoms with Gasteiger partial charge in [-0.2, -0.15) is 0 Å². The number of oxime groups is 1. The van der Waals surface area contributed by atoms with Gasteiger partial charge in [0.05, 0.1) is 5.71 Å². The first-order valence-electron chi connectivity index (χ1n) is 16.0. The molecular formula is C33H51N3O3. The van der Waals surface area contributed by atoms with Crippen molar-refractivity contribution in [1.82, 2.24) is 10.2 Å². The van der Waals surface area contributed by atoms with Gasteiger partial charge in [0, 0.05) is 31.0 Å². The van der Waals surface area contributed by atoms with E-state index in [1.807, 2.05) is 11.0 Å². The number of rotatable bonds is 6. The quantitative estimate of drug-likeness (QED) is 0.228. The Labute approximate surface area is 235 Å². The topological polar surface area (TPSA) is 71.0 Å². The predicted molar refractivity (Wildman–Crippen MR) is 154 cm³/mol. The van der Waals surface area contributed by atoms with Crippen molar-refractivity contribution in [3.63, 3.8) is 0 Å². The minimum atomic E-state index is -0.262. The summed E-state index contributed by atoms with van der Waals surface area (Å²) in [5, 5.41) is 8.17. The average molecular weight is 538 g/mol. The lowest BCUT2D eigenvalue weighted by molar-refractivity contribution is -0.117. The van der Waals surface area contributed by atoms with E-state index in [0.29, 0.717) is 35.6 Å². The predicted octanol–water partition coefficient (Wildman–Crippen LogP) is 6.89. The van der Waals surface area contributed by atoms with Gasteiger partial charge in [0.1, 0.15) is 0 Å². The molecule has 6 rings (SSSR count). The molecule has 1 saturated heterocycles. The van der Waals surface area contributed by atoms with Crippen LogP contribution in [0.15, 0.2) is 16.8 Å². The highest BCUT2D eigenvalue weighted by atomic mass is 16.7. The number of carbonyl (C=O) groups excluding carboxylic acids is 2. The summed E-state index contributed by atoms with van der Waals surface area (Å²) in [4.78, 5) is 33.0. The van der Waals surface area contributed by atoms with E-state index in [2.05, 4.69) is 45.1 Å². The molecule has 1 unspecified atom stereocenters. The van der Waals surface area contributed by atoms with Crippen LogP contribution >= 0.6 is 0 Å². The molecule has 1 N–H and O–H groups in total. The number of allylic oxidation sites excluding steroid dienone is 1. The van der Waals surface area contributed by atoms with Crippen molar-refractivity contribution < 1.29 is 14.4 Å². The Kier molecular flexibility index (Phi) is 7.04. The van der Waals surface area contributed by atoms with E-state index >= 15 is 0 Å². The summed E-state index contributed by atoms with van der Waals surface area (Å²) in [6.07, 6.45) is 15.0. The zero-order chi connectivity index (χ0) is 27.6. The Balaban J connectivity index is 1.10. The molecular weight excluding hydrogens is 486 g/mol. The molecule has 7 atom stereocenters. The highest BCUT2D eigenvalue weighted by molar-refractivity contribution is 5.91. The Hall–Kier alpha value is -1.69. The number of ketones is 1. The van der Waals surface area contributed by atoms with Crippen LogP contribution < -0.4 is 5.32 Å². The summed E-state index contributed by atoms with van der Waals surface area (Å²) < 4.78 is 0. The Morgan fingerprint density at radius 1 is 1.03 bits per heavy atom. The van der Waals surface area contributed by atoms with Crippen LogP contribution in [0.5, 0.6) is 0 Å². The average Bonchev–Trinajstić information content (AvgIpc) is 3.58. The third-order valence-electron chi connectivity index (χ3n) is 12.7. The van der Waals surface area contributed by atoms with Gasteiger partial charge in [0.15, 0.2) is 5.78 Å². The lowest BCUT2D eigenvalue weighted by atomic mass is 9.46. The highest BCUT2D eigenvalue weighted by Gasteiger charge is 2.59. The molecule has 5 fully saturated rings. The molecule has 0 aromatic carbocycles. The van der Waals surface area contributed by atoms with Gasteiger partial charge in [-0.1, -0.05) is 38.4 Å². The molecule has 1 aliphatic heterocycles. The normalized spacial score (nSPS) is 41.4. The fraction of sp³-hybridized carbons (Fsp3) is 0.848. The number of nitrogens with one attached hydrogen (secondary N) is 1. The molecule has 1 heterocycles. The maximum atomic E-state index is 13.2. The van der Waals surface area contributed by atoms with E-state index in [1.165, 1.54) is 37.7 Å². The first kappa shape index (κ1) is 27.5. The molecule has 1 amide bonds. The molecule has 216 valence electrons. The van der Waals surface area contributed by atoms with Gasteiger partial charge in [-0.15, -0.1) is 0 Å². The first-order valence-corrected chi connectivity index (χ1v) is 16.0. The Morgan fingerprint density at radius 2 is 1.82 bits per heavy atom. The summed E-state index contributed by atoms with van der Waals surface area (Å²) in [5.74, 6) is 2.85. The second-order valence-electron chi connectivity index (χ2n) is 15.2. The lowest BCUT2D eigenvalue weighted by Gasteiger charge is -2.58. The van der Waals surface area contributed by atoms with Gasteiger partial charge in [-0.3, -0.25) is 9.63 Å². The van der Waals surface area contributed by atoms with E-state index in [9.17, 15) is 9.59 Å². The standard InChI is InChI=1S/C33H51N3O3/c1-21(35-39-30(38)36(23-7-8-23)19-14-29-31(2,3)17-18-34-29)26-10-11-27-25-9-6-22-20-24(37)12-15-32(22,4)28(25)13-16-33(26,27)5/h20,23,25-29,34H,6-19H2,1-5H3/b35-21+/t25-,26+,27-,28-,29?,32-,33+/m0/s1. The molecule has 0 radical (unpaired) electrons. The van der Waals surface area contributed by atoms with Crippen LogP contribution in [0.3, 0.4) is 0 Å². The molecule has 0 aromatic heterocycles. The van der Waals surface area contributed by atoms with E-state index in [4.69, 9.17) is 4.84 Å². The fourth-order valence-electron chi connectivity index (χ4n) is 10.1. The number of nitrogens with zero attached hydrogens (tertiary/aromatic N) is 2. The van der Waals surface area contributed by atoms with E-state index in [0.717, 1.165) is 69.7 Å².